The first-order valence-electron chi connectivity index (χ1n) is 8.06. The molecular weight excluding hydrogens is 310 g/mol. The molecule has 2 N–H and O–H groups in total. The molecule has 0 saturated heterocycles. The second kappa shape index (κ2) is 9.27. The van der Waals surface area contributed by atoms with E-state index in [9.17, 15) is 9.59 Å². The number of carboxylic acids is 1. The van der Waals surface area contributed by atoms with E-state index in [1.807, 2.05) is 32.0 Å². The summed E-state index contributed by atoms with van der Waals surface area (Å²) in [5, 5.41) is 11.8. The summed E-state index contributed by atoms with van der Waals surface area (Å²) >= 11 is 0. The molecule has 0 aliphatic rings. The number of nitrogens with one attached hydrogen (secondary N) is 1. The van der Waals surface area contributed by atoms with Crippen LogP contribution in [0.2, 0.25) is 0 Å². The summed E-state index contributed by atoms with van der Waals surface area (Å²) < 4.78 is 11.0. The highest BCUT2D eigenvalue weighted by Gasteiger charge is 2.30. The predicted octanol–water partition coefficient (Wildman–Crippen LogP) is 2.53. The fourth-order valence-electron chi connectivity index (χ4n) is 2.03. The van der Waals surface area contributed by atoms with Gasteiger partial charge in [-0.2, -0.15) is 0 Å². The molecule has 0 bridgehead atoms. The topological polar surface area (TPSA) is 84.9 Å². The minimum absolute atomic E-state index is 0.0747. The highest BCUT2D eigenvalue weighted by molar-refractivity contribution is 5.84. The van der Waals surface area contributed by atoms with E-state index >= 15 is 0 Å². The van der Waals surface area contributed by atoms with Crippen LogP contribution in [0.25, 0.3) is 0 Å². The fourth-order valence-corrected chi connectivity index (χ4v) is 2.03. The van der Waals surface area contributed by atoms with Crippen LogP contribution >= 0.6 is 0 Å². The lowest BCUT2D eigenvalue weighted by atomic mass is 9.89. The van der Waals surface area contributed by atoms with Gasteiger partial charge in [-0.3, -0.25) is 9.59 Å². The van der Waals surface area contributed by atoms with Crippen molar-refractivity contribution in [2.75, 3.05) is 19.8 Å². The van der Waals surface area contributed by atoms with Crippen LogP contribution in [0, 0.1) is 12.3 Å². The Labute approximate surface area is 143 Å². The Morgan fingerprint density at radius 1 is 1.25 bits per heavy atom. The summed E-state index contributed by atoms with van der Waals surface area (Å²) in [6.07, 6.45) is -0.0747. The molecule has 0 aliphatic heterocycles. The van der Waals surface area contributed by atoms with Gasteiger partial charge >= 0.3 is 5.97 Å². The molecule has 6 heteroatoms. The molecule has 134 valence electrons. The predicted molar refractivity (Wildman–Crippen MR) is 91.0 cm³/mol. The van der Waals surface area contributed by atoms with Crippen LogP contribution in [0.1, 0.15) is 38.3 Å². The average Bonchev–Trinajstić information content (AvgIpc) is 2.50. The first-order valence-corrected chi connectivity index (χ1v) is 8.06. The van der Waals surface area contributed by atoms with Gasteiger partial charge in [0.25, 0.3) is 0 Å². The fraction of sp³-hybridized carbons (Fsp3) is 0.556. The van der Waals surface area contributed by atoms with Crippen molar-refractivity contribution in [1.29, 1.82) is 0 Å². The third-order valence-corrected chi connectivity index (χ3v) is 3.57. The van der Waals surface area contributed by atoms with E-state index in [0.29, 0.717) is 32.1 Å². The van der Waals surface area contributed by atoms with Crippen molar-refractivity contribution in [2.45, 2.75) is 40.7 Å². The van der Waals surface area contributed by atoms with Crippen LogP contribution in [0.15, 0.2) is 18.2 Å². The van der Waals surface area contributed by atoms with Gasteiger partial charge in [0.15, 0.2) is 0 Å². The van der Waals surface area contributed by atoms with Gasteiger partial charge in [0.05, 0.1) is 12.0 Å². The van der Waals surface area contributed by atoms with Crippen LogP contribution in [0.5, 0.6) is 5.75 Å². The summed E-state index contributed by atoms with van der Waals surface area (Å²) in [6, 6.07) is 5.75. The molecular formula is C18H27NO5. The van der Waals surface area contributed by atoms with Crippen molar-refractivity contribution in [3.63, 3.8) is 0 Å². The Morgan fingerprint density at radius 3 is 2.58 bits per heavy atom. The number of carboxylic acid groups (broad SMARTS) is 1. The second-order valence-corrected chi connectivity index (χ2v) is 6.30. The monoisotopic (exact) mass is 337 g/mol. The molecule has 0 heterocycles. The maximum atomic E-state index is 12.0. The van der Waals surface area contributed by atoms with Gasteiger partial charge in [0, 0.05) is 25.1 Å². The van der Waals surface area contributed by atoms with E-state index in [2.05, 4.69) is 5.32 Å². The minimum Gasteiger partial charge on any atom is -0.491 e. The number of amides is 1. The van der Waals surface area contributed by atoms with Gasteiger partial charge in [-0.1, -0.05) is 12.1 Å². The molecule has 1 aromatic rings. The number of hydrogen-bond donors (Lipinski definition) is 2. The molecule has 0 unspecified atom stereocenters. The normalized spacial score (nSPS) is 11.2. The lowest BCUT2D eigenvalue weighted by Gasteiger charge is -2.19. The van der Waals surface area contributed by atoms with Crippen molar-refractivity contribution >= 4 is 11.9 Å². The minimum atomic E-state index is -1.09. The second-order valence-electron chi connectivity index (χ2n) is 6.30. The Morgan fingerprint density at radius 2 is 1.96 bits per heavy atom. The number of hydrogen-bond acceptors (Lipinski definition) is 4. The van der Waals surface area contributed by atoms with Crippen molar-refractivity contribution in [3.05, 3.63) is 29.3 Å². The van der Waals surface area contributed by atoms with Crippen LogP contribution in [0.4, 0.5) is 0 Å². The van der Waals surface area contributed by atoms with Crippen LogP contribution in [0.3, 0.4) is 0 Å². The third kappa shape index (κ3) is 6.58. The van der Waals surface area contributed by atoms with E-state index < -0.39 is 11.4 Å². The van der Waals surface area contributed by atoms with Crippen molar-refractivity contribution < 1.29 is 24.2 Å². The maximum Gasteiger partial charge on any atom is 0.309 e. The summed E-state index contributed by atoms with van der Waals surface area (Å²) in [5.41, 5.74) is 0.816. The smallest absolute Gasteiger partial charge is 0.309 e. The van der Waals surface area contributed by atoms with E-state index in [1.165, 1.54) is 13.8 Å². The van der Waals surface area contributed by atoms with Crippen LogP contribution < -0.4 is 10.1 Å². The van der Waals surface area contributed by atoms with Gasteiger partial charge in [0.2, 0.25) is 5.91 Å². The summed E-state index contributed by atoms with van der Waals surface area (Å²) in [5.74, 6) is -0.594. The van der Waals surface area contributed by atoms with E-state index in [4.69, 9.17) is 14.6 Å². The lowest BCUT2D eigenvalue weighted by Crippen LogP contribution is -2.33. The Kier molecular flexibility index (Phi) is 7.71. The SMILES string of the molecule is CCOCCOc1cc(C)ccc1CNC(=O)CC(C)(C)C(=O)O. The summed E-state index contributed by atoms with van der Waals surface area (Å²) in [7, 11) is 0. The van der Waals surface area contributed by atoms with Gasteiger partial charge < -0.3 is 19.9 Å². The molecule has 0 atom stereocenters. The number of carbonyl (C=O) groups is 2. The number of rotatable bonds is 10. The van der Waals surface area contributed by atoms with Gasteiger partial charge in [0.1, 0.15) is 12.4 Å². The van der Waals surface area contributed by atoms with E-state index in [1.54, 1.807) is 0 Å². The Balaban J connectivity index is 2.63. The zero-order valence-electron chi connectivity index (χ0n) is 14.8. The quantitative estimate of drug-likeness (QED) is 0.641. The number of aliphatic carboxylic acids is 1. The number of aryl methyl sites for hydroxylation is 1. The van der Waals surface area contributed by atoms with Gasteiger partial charge in [-0.15, -0.1) is 0 Å². The van der Waals surface area contributed by atoms with Crippen molar-refractivity contribution in [3.8, 4) is 5.75 Å². The number of benzene rings is 1. The van der Waals surface area contributed by atoms with Crippen molar-refractivity contribution in [2.24, 2.45) is 5.41 Å². The zero-order chi connectivity index (χ0) is 18.2. The van der Waals surface area contributed by atoms with Gasteiger partial charge in [-0.25, -0.2) is 0 Å². The molecule has 0 fully saturated rings. The molecule has 1 rings (SSSR count). The largest absolute Gasteiger partial charge is 0.491 e. The molecule has 0 aliphatic carbocycles. The van der Waals surface area contributed by atoms with E-state index in [-0.39, 0.29) is 12.3 Å². The molecule has 0 aromatic heterocycles. The van der Waals surface area contributed by atoms with Crippen molar-refractivity contribution in [1.82, 2.24) is 5.32 Å². The maximum absolute atomic E-state index is 12.0. The summed E-state index contributed by atoms with van der Waals surface area (Å²) in [6.45, 7) is 8.82. The first kappa shape index (κ1) is 20.0. The highest BCUT2D eigenvalue weighted by Crippen LogP contribution is 2.22. The number of ether oxygens (including phenoxy) is 2. The van der Waals surface area contributed by atoms with E-state index in [0.717, 1.165) is 11.1 Å². The number of carbonyl (C=O) groups excluding carboxylic acids is 1. The standard InChI is InChI=1S/C18H27NO5/c1-5-23-8-9-24-15-10-13(2)6-7-14(15)12-19-16(20)11-18(3,4)17(21)22/h6-7,10H,5,8-9,11-12H2,1-4H3,(H,19,20)(H,21,22). The molecule has 6 nitrogen and oxygen atoms in total. The third-order valence-electron chi connectivity index (χ3n) is 3.57. The Hall–Kier alpha value is -2.08. The molecule has 24 heavy (non-hydrogen) atoms. The van der Waals surface area contributed by atoms with Gasteiger partial charge in [-0.05, 0) is 39.3 Å². The molecule has 0 saturated carbocycles. The van der Waals surface area contributed by atoms with Crippen LogP contribution in [-0.4, -0.2) is 36.8 Å². The molecule has 1 aromatic carbocycles. The van der Waals surface area contributed by atoms with Crippen LogP contribution in [-0.2, 0) is 20.9 Å². The highest BCUT2D eigenvalue weighted by atomic mass is 16.5. The average molecular weight is 337 g/mol. The zero-order valence-corrected chi connectivity index (χ0v) is 14.8. The summed E-state index contributed by atoms with van der Waals surface area (Å²) in [4.78, 5) is 23.1. The Bertz CT molecular complexity index is 569. The first-order chi connectivity index (χ1) is 11.3. The molecule has 0 spiro atoms. The molecule has 0 radical (unpaired) electrons. The lowest BCUT2D eigenvalue weighted by molar-refractivity contribution is -0.149. The molecule has 1 amide bonds.